The van der Waals surface area contributed by atoms with E-state index in [2.05, 4.69) is 10.5 Å². The first-order valence-electron chi connectivity index (χ1n) is 5.42. The van der Waals surface area contributed by atoms with Crippen molar-refractivity contribution in [2.24, 2.45) is 4.99 Å². The number of hydrogen-bond donors (Lipinski definition) is 1. The molecule has 0 unspecified atom stereocenters. The van der Waals surface area contributed by atoms with E-state index in [-0.39, 0.29) is 5.78 Å². The van der Waals surface area contributed by atoms with Gasteiger partial charge in [-0.3, -0.25) is 9.79 Å². The van der Waals surface area contributed by atoms with Crippen LogP contribution in [0.5, 0.6) is 5.75 Å². The third-order valence-corrected chi connectivity index (χ3v) is 2.35. The van der Waals surface area contributed by atoms with E-state index in [9.17, 15) is 4.79 Å². The number of para-hydroxylation sites is 1. The van der Waals surface area contributed by atoms with Crippen molar-refractivity contribution in [2.45, 2.75) is 19.3 Å². The van der Waals surface area contributed by atoms with Gasteiger partial charge >= 0.3 is 0 Å². The Morgan fingerprint density at radius 3 is 2.81 bits per heavy atom. The zero-order chi connectivity index (χ0) is 11.2. The van der Waals surface area contributed by atoms with Gasteiger partial charge in [-0.25, -0.2) is 5.48 Å². The van der Waals surface area contributed by atoms with Gasteiger partial charge in [0.25, 0.3) is 0 Å². The molecule has 0 fully saturated rings. The maximum Gasteiger partial charge on any atom is 0.200 e. The first-order chi connectivity index (χ1) is 7.86. The number of hydrogen-bond acceptors (Lipinski definition) is 4. The van der Waals surface area contributed by atoms with Crippen molar-refractivity contribution in [3.05, 3.63) is 30.3 Å². The third kappa shape index (κ3) is 2.82. The average molecular weight is 218 g/mol. The van der Waals surface area contributed by atoms with E-state index in [0.717, 1.165) is 12.8 Å². The van der Waals surface area contributed by atoms with Crippen molar-refractivity contribution in [3.63, 3.8) is 0 Å². The normalized spacial score (nSPS) is 16.2. The van der Waals surface area contributed by atoms with E-state index in [1.54, 1.807) is 0 Å². The predicted octanol–water partition coefficient (Wildman–Crippen LogP) is 1.72. The molecule has 0 amide bonds. The van der Waals surface area contributed by atoms with Gasteiger partial charge in [0.05, 0.1) is 0 Å². The van der Waals surface area contributed by atoms with Crippen LogP contribution >= 0.6 is 0 Å². The average Bonchev–Trinajstić information content (AvgIpc) is 2.53. The second-order valence-electron chi connectivity index (χ2n) is 3.63. The monoisotopic (exact) mass is 218 g/mol. The van der Waals surface area contributed by atoms with Crippen LogP contribution in [0.15, 0.2) is 35.3 Å². The number of carbonyl (C=O) groups excluding carboxylic acids is 1. The topological polar surface area (TPSA) is 50.7 Å². The van der Waals surface area contributed by atoms with Gasteiger partial charge in [-0.2, -0.15) is 0 Å². The molecule has 1 aliphatic rings. The first-order valence-corrected chi connectivity index (χ1v) is 5.42. The molecule has 1 N–H and O–H groups in total. The fourth-order valence-electron chi connectivity index (χ4n) is 1.48. The number of Topliss-reactive ketones (excluding diaryl/α,β-unsaturated/α-hetero) is 1. The molecule has 1 aliphatic heterocycles. The maximum absolute atomic E-state index is 11.6. The molecule has 0 spiro atoms. The molecule has 1 aromatic rings. The highest BCUT2D eigenvalue weighted by Crippen LogP contribution is 2.08. The second kappa shape index (κ2) is 5.30. The van der Waals surface area contributed by atoms with Gasteiger partial charge < -0.3 is 4.84 Å². The lowest BCUT2D eigenvalue weighted by Gasteiger charge is -2.08. The summed E-state index contributed by atoms with van der Waals surface area (Å²) in [6, 6.07) is 9.27. The number of carbonyl (C=O) groups is 1. The lowest BCUT2D eigenvalue weighted by atomic mass is 10.2. The summed E-state index contributed by atoms with van der Waals surface area (Å²) in [6.07, 6.45) is 2.41. The number of nitrogens with one attached hydrogen (secondary N) is 1. The molecule has 1 aromatic carbocycles. The summed E-state index contributed by atoms with van der Waals surface area (Å²) in [5.74, 6) is 1.03. The maximum atomic E-state index is 11.6. The number of amidine groups is 1. The van der Waals surface area contributed by atoms with Crippen LogP contribution < -0.4 is 10.3 Å². The van der Waals surface area contributed by atoms with Crippen molar-refractivity contribution < 1.29 is 9.63 Å². The van der Waals surface area contributed by atoms with Crippen LogP contribution in [-0.2, 0) is 4.79 Å². The summed E-state index contributed by atoms with van der Waals surface area (Å²) in [5.41, 5.74) is 2.63. The Labute approximate surface area is 94.3 Å². The van der Waals surface area contributed by atoms with Crippen LogP contribution in [0.3, 0.4) is 0 Å². The number of hydroxylamine groups is 1. The summed E-state index contributed by atoms with van der Waals surface area (Å²) in [7, 11) is 0. The van der Waals surface area contributed by atoms with Gasteiger partial charge in [0.1, 0.15) is 0 Å². The Bertz CT molecular complexity index is 387. The van der Waals surface area contributed by atoms with Crippen LogP contribution in [0, 0.1) is 0 Å². The summed E-state index contributed by atoms with van der Waals surface area (Å²) in [6.45, 7) is 0.687. The number of benzene rings is 1. The van der Waals surface area contributed by atoms with E-state index >= 15 is 0 Å². The van der Waals surface area contributed by atoms with Gasteiger partial charge in [-0.15, -0.1) is 0 Å². The Hall–Kier alpha value is -1.84. The summed E-state index contributed by atoms with van der Waals surface area (Å²) in [4.78, 5) is 21.0. The molecular formula is C12H14N2O2. The molecule has 0 aliphatic carbocycles. The Balaban J connectivity index is 1.94. The lowest BCUT2D eigenvalue weighted by Crippen LogP contribution is -2.33. The SMILES string of the molecule is O=C1CCCCN=C1NOc1ccccc1. The van der Waals surface area contributed by atoms with E-state index in [1.807, 2.05) is 30.3 Å². The van der Waals surface area contributed by atoms with Crippen LogP contribution in [0.1, 0.15) is 19.3 Å². The second-order valence-corrected chi connectivity index (χ2v) is 3.63. The molecule has 0 saturated carbocycles. The Morgan fingerprint density at radius 2 is 2.00 bits per heavy atom. The van der Waals surface area contributed by atoms with Crippen LogP contribution in [-0.4, -0.2) is 18.2 Å². The van der Waals surface area contributed by atoms with Gasteiger partial charge in [0.15, 0.2) is 17.4 Å². The quantitative estimate of drug-likeness (QED) is 0.769. The highest BCUT2D eigenvalue weighted by molar-refractivity contribution is 6.38. The van der Waals surface area contributed by atoms with Crippen molar-refractivity contribution in [1.29, 1.82) is 0 Å². The third-order valence-electron chi connectivity index (χ3n) is 2.35. The van der Waals surface area contributed by atoms with Crippen molar-refractivity contribution in [2.75, 3.05) is 6.54 Å². The standard InChI is InChI=1S/C12H14N2O2/c15-11-8-4-5-9-13-12(11)14-16-10-6-2-1-3-7-10/h1-3,6-7H,4-5,8-9H2,(H,13,14). The minimum Gasteiger partial charge on any atom is -0.381 e. The smallest absolute Gasteiger partial charge is 0.200 e. The van der Waals surface area contributed by atoms with Crippen LogP contribution in [0.25, 0.3) is 0 Å². The molecule has 0 bridgehead atoms. The molecule has 84 valence electrons. The Morgan fingerprint density at radius 1 is 1.19 bits per heavy atom. The number of nitrogens with zero attached hydrogens (tertiary/aromatic N) is 1. The zero-order valence-electron chi connectivity index (χ0n) is 8.98. The molecule has 0 aromatic heterocycles. The molecule has 0 radical (unpaired) electrons. The van der Waals surface area contributed by atoms with Crippen LogP contribution in [0.4, 0.5) is 0 Å². The van der Waals surface area contributed by atoms with Crippen molar-refractivity contribution >= 4 is 11.6 Å². The number of aliphatic imine (C=N–C) groups is 1. The molecule has 0 saturated heterocycles. The molecule has 0 atom stereocenters. The van der Waals surface area contributed by atoms with E-state index < -0.39 is 0 Å². The van der Waals surface area contributed by atoms with Gasteiger partial charge in [-0.1, -0.05) is 18.2 Å². The zero-order valence-corrected chi connectivity index (χ0v) is 8.98. The van der Waals surface area contributed by atoms with Crippen molar-refractivity contribution in [1.82, 2.24) is 5.48 Å². The number of rotatable bonds is 2. The highest BCUT2D eigenvalue weighted by Gasteiger charge is 2.14. The molecule has 1 heterocycles. The molecule has 4 nitrogen and oxygen atoms in total. The number of ketones is 1. The van der Waals surface area contributed by atoms with Gasteiger partial charge in [0, 0.05) is 13.0 Å². The minimum absolute atomic E-state index is 0.0217. The molecular weight excluding hydrogens is 204 g/mol. The van der Waals surface area contributed by atoms with Crippen molar-refractivity contribution in [3.8, 4) is 5.75 Å². The fraction of sp³-hybridized carbons (Fsp3) is 0.333. The Kier molecular flexibility index (Phi) is 3.53. The first kappa shape index (κ1) is 10.7. The molecule has 4 heteroatoms. The minimum atomic E-state index is 0.0217. The van der Waals surface area contributed by atoms with E-state index in [1.165, 1.54) is 0 Å². The fourth-order valence-corrected chi connectivity index (χ4v) is 1.48. The molecule has 16 heavy (non-hydrogen) atoms. The van der Waals surface area contributed by atoms with Crippen LogP contribution in [0.2, 0.25) is 0 Å². The van der Waals surface area contributed by atoms with E-state index in [0.29, 0.717) is 24.6 Å². The van der Waals surface area contributed by atoms with E-state index in [4.69, 9.17) is 4.84 Å². The predicted molar refractivity (Wildman–Crippen MR) is 61.4 cm³/mol. The highest BCUT2D eigenvalue weighted by atomic mass is 16.6. The largest absolute Gasteiger partial charge is 0.381 e. The molecule has 2 rings (SSSR count). The summed E-state index contributed by atoms with van der Waals surface area (Å²) >= 11 is 0. The summed E-state index contributed by atoms with van der Waals surface area (Å²) in [5, 5.41) is 0. The summed E-state index contributed by atoms with van der Waals surface area (Å²) < 4.78 is 0. The van der Waals surface area contributed by atoms with Gasteiger partial charge in [0.2, 0.25) is 0 Å². The van der Waals surface area contributed by atoms with Gasteiger partial charge in [-0.05, 0) is 25.0 Å². The lowest BCUT2D eigenvalue weighted by molar-refractivity contribution is -0.113.